The van der Waals surface area contributed by atoms with E-state index < -0.39 is 14.3 Å². The van der Waals surface area contributed by atoms with Crippen molar-refractivity contribution in [1.29, 1.82) is 0 Å². The summed E-state index contributed by atoms with van der Waals surface area (Å²) in [4.78, 5) is 10.8. The highest BCUT2D eigenvalue weighted by Crippen LogP contribution is 2.43. The van der Waals surface area contributed by atoms with Crippen molar-refractivity contribution >= 4 is 14.3 Å². The summed E-state index contributed by atoms with van der Waals surface area (Å²) in [6, 6.07) is 10.7. The van der Waals surface area contributed by atoms with Crippen LogP contribution in [0, 0.1) is 11.8 Å². The maximum Gasteiger partial charge on any atom is 0.303 e. The van der Waals surface area contributed by atoms with Gasteiger partial charge < -0.3 is 24.1 Å². The Bertz CT molecular complexity index is 863. The minimum absolute atomic E-state index is 0.000330. The Labute approximate surface area is 244 Å². The van der Waals surface area contributed by atoms with Crippen LogP contribution in [0.3, 0.4) is 0 Å². The zero-order valence-electron chi connectivity index (χ0n) is 25.8. The van der Waals surface area contributed by atoms with Crippen LogP contribution in [0.15, 0.2) is 30.3 Å². The van der Waals surface area contributed by atoms with Gasteiger partial charge >= 0.3 is 5.97 Å². The zero-order chi connectivity index (χ0) is 29.2. The second-order valence-electron chi connectivity index (χ2n) is 13.7. The predicted octanol–water partition coefficient (Wildman–Crippen LogP) is 7.73. The Morgan fingerprint density at radius 1 is 1.05 bits per heavy atom. The molecule has 3 rings (SSSR count). The zero-order valence-corrected chi connectivity index (χ0v) is 26.8. The molecule has 40 heavy (non-hydrogen) atoms. The molecule has 2 aliphatic rings. The van der Waals surface area contributed by atoms with E-state index in [0.717, 1.165) is 77.2 Å². The molecule has 6 nitrogen and oxygen atoms in total. The van der Waals surface area contributed by atoms with E-state index in [4.69, 9.17) is 19.0 Å². The highest BCUT2D eigenvalue weighted by Gasteiger charge is 2.44. The molecular weight excluding hydrogens is 520 g/mol. The molecule has 1 heterocycles. The van der Waals surface area contributed by atoms with Gasteiger partial charge in [-0.3, -0.25) is 4.79 Å². The highest BCUT2D eigenvalue weighted by molar-refractivity contribution is 6.74. The SMILES string of the molecule is CC(C)(C)[Si](C)(C)OC(CC[C@H]1C(OC2CCCCO2)C[C@H](O)[C@@H]1CCCCCCC(=O)O)Cc1ccccc1. The van der Waals surface area contributed by atoms with Gasteiger partial charge in [-0.05, 0) is 86.9 Å². The van der Waals surface area contributed by atoms with E-state index in [1.54, 1.807) is 0 Å². The van der Waals surface area contributed by atoms with E-state index in [-0.39, 0.29) is 47.9 Å². The Balaban J connectivity index is 1.70. The van der Waals surface area contributed by atoms with Crippen molar-refractivity contribution in [2.75, 3.05) is 6.61 Å². The monoisotopic (exact) mass is 576 g/mol. The lowest BCUT2D eigenvalue weighted by Gasteiger charge is -2.40. The second-order valence-corrected chi connectivity index (χ2v) is 18.5. The van der Waals surface area contributed by atoms with Crippen molar-refractivity contribution in [3.8, 4) is 0 Å². The van der Waals surface area contributed by atoms with Crippen molar-refractivity contribution in [2.24, 2.45) is 11.8 Å². The maximum atomic E-state index is 11.2. The smallest absolute Gasteiger partial charge is 0.303 e. The van der Waals surface area contributed by atoms with Crippen molar-refractivity contribution < 1.29 is 28.9 Å². The third kappa shape index (κ3) is 10.5. The number of carboxylic acid groups (broad SMARTS) is 1. The van der Waals surface area contributed by atoms with Crippen LogP contribution >= 0.6 is 0 Å². The standard InChI is InChI=1S/C33H56O6Si/c1-33(2,3)40(4,5)39-26(23-25-15-9-8-10-16-25)20-21-28-27(17-11-6-7-12-18-31(35)36)29(34)24-30(28)38-32-19-13-14-22-37-32/h8-10,15-16,26-30,32,34H,6-7,11-14,17-24H2,1-5H3,(H,35,36)/t26?,27-,28-,29+,30?,32?/m1/s1. The van der Waals surface area contributed by atoms with Gasteiger partial charge in [0.05, 0.1) is 12.2 Å². The fourth-order valence-corrected chi connectivity index (χ4v) is 7.57. The fraction of sp³-hybridized carbons (Fsp3) is 0.788. The van der Waals surface area contributed by atoms with Crippen LogP contribution < -0.4 is 0 Å². The first kappa shape index (κ1) is 33.3. The minimum atomic E-state index is -1.97. The van der Waals surface area contributed by atoms with E-state index in [0.29, 0.717) is 6.42 Å². The van der Waals surface area contributed by atoms with Gasteiger partial charge in [0.2, 0.25) is 0 Å². The molecule has 1 saturated heterocycles. The van der Waals surface area contributed by atoms with Crippen molar-refractivity contribution in [1.82, 2.24) is 0 Å². The molecule has 7 heteroatoms. The van der Waals surface area contributed by atoms with Crippen molar-refractivity contribution in [3.63, 3.8) is 0 Å². The number of hydrogen-bond acceptors (Lipinski definition) is 5. The predicted molar refractivity (Wildman–Crippen MR) is 163 cm³/mol. The topological polar surface area (TPSA) is 85.2 Å². The van der Waals surface area contributed by atoms with E-state index in [1.165, 1.54) is 5.56 Å². The normalized spacial score (nSPS) is 26.6. The average Bonchev–Trinajstić information content (AvgIpc) is 3.18. The highest BCUT2D eigenvalue weighted by atomic mass is 28.4. The van der Waals surface area contributed by atoms with Crippen LogP contribution in [0.1, 0.15) is 103 Å². The number of ether oxygens (including phenoxy) is 2. The molecule has 6 atom stereocenters. The second kappa shape index (κ2) is 15.8. The van der Waals surface area contributed by atoms with Gasteiger partial charge in [-0.2, -0.15) is 0 Å². The Kier molecular flexibility index (Phi) is 13.2. The van der Waals surface area contributed by atoms with Crippen LogP contribution in [0.5, 0.6) is 0 Å². The number of aliphatic carboxylic acids is 1. The Morgan fingerprint density at radius 3 is 2.42 bits per heavy atom. The number of benzene rings is 1. The van der Waals surface area contributed by atoms with Crippen LogP contribution in [-0.2, 0) is 25.1 Å². The van der Waals surface area contributed by atoms with Crippen LogP contribution in [0.4, 0.5) is 0 Å². The summed E-state index contributed by atoms with van der Waals surface area (Å²) in [6.07, 6.45) is 11.1. The number of hydrogen-bond donors (Lipinski definition) is 2. The maximum absolute atomic E-state index is 11.2. The molecule has 2 fully saturated rings. The average molecular weight is 577 g/mol. The molecule has 0 spiro atoms. The largest absolute Gasteiger partial charge is 0.481 e. The quantitative estimate of drug-likeness (QED) is 0.155. The summed E-state index contributed by atoms with van der Waals surface area (Å²) in [5.74, 6) is -0.264. The molecule has 1 saturated carbocycles. The molecule has 1 aliphatic heterocycles. The van der Waals surface area contributed by atoms with E-state index in [9.17, 15) is 9.90 Å². The summed E-state index contributed by atoms with van der Waals surface area (Å²) in [5, 5.41) is 20.3. The molecule has 228 valence electrons. The van der Waals surface area contributed by atoms with E-state index in [2.05, 4.69) is 64.2 Å². The first-order valence-electron chi connectivity index (χ1n) is 15.8. The Morgan fingerprint density at radius 2 is 1.77 bits per heavy atom. The molecule has 0 radical (unpaired) electrons. The molecule has 2 N–H and O–H groups in total. The molecule has 0 amide bonds. The third-order valence-electron chi connectivity index (χ3n) is 9.53. The third-order valence-corrected chi connectivity index (χ3v) is 14.1. The number of aliphatic hydroxyl groups excluding tert-OH is 1. The number of unbranched alkanes of at least 4 members (excludes halogenated alkanes) is 3. The molecule has 0 aromatic heterocycles. The lowest BCUT2D eigenvalue weighted by Crippen LogP contribution is -2.44. The molecular formula is C33H56O6Si. The van der Waals surface area contributed by atoms with Gasteiger partial charge in [0.15, 0.2) is 14.6 Å². The minimum Gasteiger partial charge on any atom is -0.481 e. The van der Waals surface area contributed by atoms with Gasteiger partial charge in [0.1, 0.15) is 0 Å². The van der Waals surface area contributed by atoms with Crippen LogP contribution in [0.2, 0.25) is 18.1 Å². The lowest BCUT2D eigenvalue weighted by atomic mass is 9.84. The number of rotatable bonds is 16. The summed E-state index contributed by atoms with van der Waals surface area (Å²) >= 11 is 0. The Hall–Kier alpha value is -1.25. The van der Waals surface area contributed by atoms with Crippen LogP contribution in [0.25, 0.3) is 0 Å². The molecule has 1 aromatic carbocycles. The number of aliphatic hydroxyl groups is 1. The molecule has 0 bridgehead atoms. The van der Waals surface area contributed by atoms with E-state index >= 15 is 0 Å². The van der Waals surface area contributed by atoms with Gasteiger partial charge in [-0.15, -0.1) is 0 Å². The van der Waals surface area contributed by atoms with Gasteiger partial charge in [0, 0.05) is 25.6 Å². The van der Waals surface area contributed by atoms with E-state index in [1.807, 2.05) is 0 Å². The number of carboxylic acids is 1. The summed E-state index contributed by atoms with van der Waals surface area (Å²) in [7, 11) is -1.97. The summed E-state index contributed by atoms with van der Waals surface area (Å²) in [5.41, 5.74) is 1.30. The van der Waals surface area contributed by atoms with Gasteiger partial charge in [-0.1, -0.05) is 70.4 Å². The molecule has 1 aromatic rings. The summed E-state index contributed by atoms with van der Waals surface area (Å²) < 4.78 is 19.5. The lowest BCUT2D eigenvalue weighted by molar-refractivity contribution is -0.196. The summed E-state index contributed by atoms with van der Waals surface area (Å²) in [6.45, 7) is 12.3. The first-order chi connectivity index (χ1) is 19.0. The van der Waals surface area contributed by atoms with Crippen molar-refractivity contribution in [3.05, 3.63) is 35.9 Å². The van der Waals surface area contributed by atoms with Gasteiger partial charge in [0.25, 0.3) is 0 Å². The molecule has 1 aliphatic carbocycles. The molecule has 3 unspecified atom stereocenters. The van der Waals surface area contributed by atoms with Crippen LogP contribution in [-0.4, -0.2) is 55.7 Å². The fourth-order valence-electron chi connectivity index (χ4n) is 6.19. The number of carbonyl (C=O) groups is 1. The van der Waals surface area contributed by atoms with Gasteiger partial charge in [-0.25, -0.2) is 0 Å². The van der Waals surface area contributed by atoms with Crippen molar-refractivity contribution in [2.45, 2.75) is 147 Å². The first-order valence-corrected chi connectivity index (χ1v) is 18.8.